The number of nitrogens with one attached hydrogen (secondary N) is 1. The number of nitrogens with two attached hydrogens (primary N) is 1. The number of nitrogens with zero attached hydrogens (tertiary/aromatic N) is 1. The molecule has 1 aromatic carbocycles. The molecule has 1 aromatic heterocycles. The van der Waals surface area contributed by atoms with Crippen molar-refractivity contribution < 1.29 is 4.79 Å². The topological polar surface area (TPSA) is 68.0 Å². The van der Waals surface area contributed by atoms with Crippen LogP contribution in [-0.2, 0) is 4.79 Å². The number of pyridine rings is 1. The standard InChI is InChI=1S/C15H16ClN3O/c16-12-6-8-14(18-10-12)19-15(20)9-7-13(17)11-4-2-1-3-5-11/h1-6,8,10,13H,7,9,17H2,(H,18,19,20). The van der Waals surface area contributed by atoms with Crippen molar-refractivity contribution in [2.45, 2.75) is 18.9 Å². The molecule has 1 atom stereocenters. The van der Waals surface area contributed by atoms with E-state index in [1.54, 1.807) is 12.1 Å². The van der Waals surface area contributed by atoms with Gasteiger partial charge in [-0.15, -0.1) is 0 Å². The Kier molecular flexibility index (Phi) is 5.09. The second-order valence-corrected chi connectivity index (χ2v) is 4.90. The van der Waals surface area contributed by atoms with E-state index in [0.29, 0.717) is 23.7 Å². The van der Waals surface area contributed by atoms with E-state index in [0.717, 1.165) is 5.56 Å². The van der Waals surface area contributed by atoms with Crippen LogP contribution in [0, 0.1) is 0 Å². The number of carbonyl (C=O) groups excluding carboxylic acids is 1. The largest absolute Gasteiger partial charge is 0.324 e. The van der Waals surface area contributed by atoms with Gasteiger partial charge in [0.25, 0.3) is 0 Å². The van der Waals surface area contributed by atoms with Crippen LogP contribution in [0.2, 0.25) is 5.02 Å². The minimum Gasteiger partial charge on any atom is -0.324 e. The van der Waals surface area contributed by atoms with Crippen LogP contribution in [-0.4, -0.2) is 10.9 Å². The summed E-state index contributed by atoms with van der Waals surface area (Å²) < 4.78 is 0. The van der Waals surface area contributed by atoms with E-state index in [2.05, 4.69) is 10.3 Å². The van der Waals surface area contributed by atoms with Gasteiger partial charge in [-0.1, -0.05) is 41.9 Å². The van der Waals surface area contributed by atoms with Crippen molar-refractivity contribution in [2.75, 3.05) is 5.32 Å². The summed E-state index contributed by atoms with van der Waals surface area (Å²) in [6.07, 6.45) is 2.43. The Morgan fingerprint density at radius 2 is 2.00 bits per heavy atom. The van der Waals surface area contributed by atoms with Crippen molar-refractivity contribution in [3.63, 3.8) is 0 Å². The van der Waals surface area contributed by atoms with E-state index < -0.39 is 0 Å². The first-order chi connectivity index (χ1) is 9.65. The number of carbonyl (C=O) groups is 1. The zero-order chi connectivity index (χ0) is 14.4. The van der Waals surface area contributed by atoms with Crippen LogP contribution in [0.3, 0.4) is 0 Å². The Balaban J connectivity index is 1.82. The molecule has 2 aromatic rings. The van der Waals surface area contributed by atoms with Gasteiger partial charge in [0.05, 0.1) is 5.02 Å². The molecular weight excluding hydrogens is 274 g/mol. The average Bonchev–Trinajstić information content (AvgIpc) is 2.48. The zero-order valence-corrected chi connectivity index (χ0v) is 11.7. The number of halogens is 1. The van der Waals surface area contributed by atoms with Gasteiger partial charge in [-0.05, 0) is 24.1 Å². The zero-order valence-electron chi connectivity index (χ0n) is 10.9. The molecule has 0 saturated carbocycles. The van der Waals surface area contributed by atoms with E-state index in [1.807, 2.05) is 30.3 Å². The molecule has 0 aliphatic heterocycles. The SMILES string of the molecule is NC(CCC(=O)Nc1ccc(Cl)cn1)c1ccccc1. The molecule has 3 N–H and O–H groups in total. The molecule has 1 unspecified atom stereocenters. The molecule has 20 heavy (non-hydrogen) atoms. The summed E-state index contributed by atoms with van der Waals surface area (Å²) in [5, 5.41) is 3.25. The van der Waals surface area contributed by atoms with Gasteiger partial charge in [0.15, 0.2) is 0 Å². The van der Waals surface area contributed by atoms with Crippen LogP contribution in [0.1, 0.15) is 24.4 Å². The molecule has 2 rings (SSSR count). The smallest absolute Gasteiger partial charge is 0.225 e. The number of aromatic nitrogens is 1. The van der Waals surface area contributed by atoms with E-state index in [4.69, 9.17) is 17.3 Å². The predicted molar refractivity (Wildman–Crippen MR) is 80.5 cm³/mol. The molecular formula is C15H16ClN3O. The summed E-state index contributed by atoms with van der Waals surface area (Å²) >= 11 is 5.73. The van der Waals surface area contributed by atoms with Crippen molar-refractivity contribution in [1.29, 1.82) is 0 Å². The molecule has 4 nitrogen and oxygen atoms in total. The van der Waals surface area contributed by atoms with Crippen LogP contribution in [0.5, 0.6) is 0 Å². The van der Waals surface area contributed by atoms with Crippen molar-refractivity contribution in [3.05, 3.63) is 59.2 Å². The molecule has 0 saturated heterocycles. The fourth-order valence-corrected chi connectivity index (χ4v) is 1.92. The summed E-state index contributed by atoms with van der Waals surface area (Å²) in [5.74, 6) is 0.388. The molecule has 1 amide bonds. The third kappa shape index (κ3) is 4.33. The maximum absolute atomic E-state index is 11.8. The molecule has 1 heterocycles. The molecule has 5 heteroatoms. The number of amides is 1. The van der Waals surface area contributed by atoms with Gasteiger partial charge >= 0.3 is 0 Å². The summed E-state index contributed by atoms with van der Waals surface area (Å²) in [6.45, 7) is 0. The highest BCUT2D eigenvalue weighted by Gasteiger charge is 2.09. The van der Waals surface area contributed by atoms with Gasteiger partial charge in [-0.2, -0.15) is 0 Å². The maximum atomic E-state index is 11.8. The lowest BCUT2D eigenvalue weighted by Crippen LogP contribution is -2.17. The summed E-state index contributed by atoms with van der Waals surface area (Å²) in [7, 11) is 0. The normalized spacial score (nSPS) is 11.9. The predicted octanol–water partition coefficient (Wildman–Crippen LogP) is 3.15. The second-order valence-electron chi connectivity index (χ2n) is 4.47. The highest BCUT2D eigenvalue weighted by atomic mass is 35.5. The molecule has 0 spiro atoms. The van der Waals surface area contributed by atoms with Crippen molar-refractivity contribution in [1.82, 2.24) is 4.98 Å². The van der Waals surface area contributed by atoms with Crippen LogP contribution in [0.25, 0.3) is 0 Å². The van der Waals surface area contributed by atoms with E-state index >= 15 is 0 Å². The van der Waals surface area contributed by atoms with Gasteiger partial charge in [-0.25, -0.2) is 4.98 Å². The summed E-state index contributed by atoms with van der Waals surface area (Å²) in [6, 6.07) is 12.9. The Bertz CT molecular complexity index is 557. The van der Waals surface area contributed by atoms with Gasteiger partial charge < -0.3 is 11.1 Å². The minimum atomic E-state index is -0.139. The highest BCUT2D eigenvalue weighted by Crippen LogP contribution is 2.16. The quantitative estimate of drug-likeness (QED) is 0.888. The highest BCUT2D eigenvalue weighted by molar-refractivity contribution is 6.30. The monoisotopic (exact) mass is 289 g/mol. The lowest BCUT2D eigenvalue weighted by molar-refractivity contribution is -0.116. The van der Waals surface area contributed by atoms with Crippen molar-refractivity contribution in [2.24, 2.45) is 5.73 Å². The molecule has 0 fully saturated rings. The number of hydrogen-bond donors (Lipinski definition) is 2. The molecule has 0 aliphatic rings. The molecule has 0 aliphatic carbocycles. The third-order valence-corrected chi connectivity index (χ3v) is 3.13. The van der Waals surface area contributed by atoms with Crippen LogP contribution >= 0.6 is 11.6 Å². The Hall–Kier alpha value is -1.91. The van der Waals surface area contributed by atoms with Gasteiger partial charge in [0.2, 0.25) is 5.91 Å². The van der Waals surface area contributed by atoms with Gasteiger partial charge in [-0.3, -0.25) is 4.79 Å². The first-order valence-electron chi connectivity index (χ1n) is 6.37. The van der Waals surface area contributed by atoms with E-state index in [9.17, 15) is 4.79 Å². The Morgan fingerprint density at radius 1 is 1.25 bits per heavy atom. The second kappa shape index (κ2) is 7.03. The van der Waals surface area contributed by atoms with Crippen molar-refractivity contribution in [3.8, 4) is 0 Å². The van der Waals surface area contributed by atoms with Crippen LogP contribution < -0.4 is 11.1 Å². The average molecular weight is 290 g/mol. The lowest BCUT2D eigenvalue weighted by atomic mass is 10.0. The number of rotatable bonds is 5. The lowest BCUT2D eigenvalue weighted by Gasteiger charge is -2.11. The molecule has 0 bridgehead atoms. The van der Waals surface area contributed by atoms with E-state index in [-0.39, 0.29) is 11.9 Å². The van der Waals surface area contributed by atoms with Crippen molar-refractivity contribution >= 4 is 23.3 Å². The number of anilines is 1. The van der Waals surface area contributed by atoms with Crippen LogP contribution in [0.15, 0.2) is 48.7 Å². The summed E-state index contributed by atoms with van der Waals surface area (Å²) in [4.78, 5) is 15.8. The number of benzene rings is 1. The molecule has 0 radical (unpaired) electrons. The Morgan fingerprint density at radius 3 is 2.65 bits per heavy atom. The molecule has 104 valence electrons. The fraction of sp³-hybridized carbons (Fsp3) is 0.200. The van der Waals surface area contributed by atoms with Gasteiger partial charge in [0.1, 0.15) is 5.82 Å². The summed E-state index contributed by atoms with van der Waals surface area (Å²) in [5.41, 5.74) is 7.08. The maximum Gasteiger partial charge on any atom is 0.225 e. The fourth-order valence-electron chi connectivity index (χ4n) is 1.81. The van der Waals surface area contributed by atoms with E-state index in [1.165, 1.54) is 6.20 Å². The minimum absolute atomic E-state index is 0.105. The van der Waals surface area contributed by atoms with Gasteiger partial charge in [0, 0.05) is 18.7 Å². The Labute approximate surface area is 123 Å². The first-order valence-corrected chi connectivity index (χ1v) is 6.75. The van der Waals surface area contributed by atoms with Crippen LogP contribution in [0.4, 0.5) is 5.82 Å². The first kappa shape index (κ1) is 14.5. The third-order valence-electron chi connectivity index (χ3n) is 2.91. The number of hydrogen-bond acceptors (Lipinski definition) is 3.